The Hall–Kier alpha value is -1.84. The van der Waals surface area contributed by atoms with Crippen LogP contribution in [0.25, 0.3) is 11.5 Å². The van der Waals surface area contributed by atoms with Gasteiger partial charge in [-0.2, -0.15) is 0 Å². The Labute approximate surface area is 107 Å². The van der Waals surface area contributed by atoms with Crippen molar-refractivity contribution in [1.29, 1.82) is 0 Å². The Balaban J connectivity index is 2.00. The number of nitrogens with zero attached hydrogens (tertiary/aromatic N) is 2. The molecular weight excluding hydrogens is 226 g/mol. The Kier molecular flexibility index (Phi) is 3.97. The molecule has 0 saturated carbocycles. The lowest BCUT2D eigenvalue weighted by molar-refractivity contribution is 0.540. The van der Waals surface area contributed by atoms with E-state index in [1.807, 2.05) is 24.3 Å². The number of benzene rings is 1. The Morgan fingerprint density at radius 2 is 1.89 bits per heavy atom. The molecule has 0 radical (unpaired) electrons. The molecule has 18 heavy (non-hydrogen) atoms. The minimum atomic E-state index is 0.472. The fraction of sp³-hybridized carbons (Fsp3) is 0.429. The minimum Gasteiger partial charge on any atom is -0.423 e. The molecule has 0 spiro atoms. The summed E-state index contributed by atoms with van der Waals surface area (Å²) in [5.74, 6) is 1.25. The summed E-state index contributed by atoms with van der Waals surface area (Å²) in [6.45, 7) is 6.67. The van der Waals surface area contributed by atoms with Crippen molar-refractivity contribution in [2.75, 3.05) is 5.32 Å². The van der Waals surface area contributed by atoms with Gasteiger partial charge in [0.1, 0.15) is 0 Å². The van der Waals surface area contributed by atoms with E-state index in [0.29, 0.717) is 17.9 Å². The van der Waals surface area contributed by atoms with Crippen molar-refractivity contribution in [3.8, 4) is 11.5 Å². The highest BCUT2D eigenvalue weighted by Gasteiger charge is 2.06. The fourth-order valence-corrected chi connectivity index (χ4v) is 2.06. The molecule has 1 heterocycles. The second kappa shape index (κ2) is 5.67. The number of aromatic nitrogens is 2. The summed E-state index contributed by atoms with van der Waals surface area (Å²) in [4.78, 5) is 0. The van der Waals surface area contributed by atoms with Crippen molar-refractivity contribution in [1.82, 2.24) is 10.2 Å². The van der Waals surface area contributed by atoms with E-state index in [1.54, 1.807) is 0 Å². The molecule has 0 fully saturated rings. The number of rotatable bonds is 5. The predicted octanol–water partition coefficient (Wildman–Crippen LogP) is 3.58. The van der Waals surface area contributed by atoms with Gasteiger partial charge in [-0.3, -0.25) is 0 Å². The summed E-state index contributed by atoms with van der Waals surface area (Å²) >= 11 is 0. The van der Waals surface area contributed by atoms with E-state index >= 15 is 0 Å². The average Bonchev–Trinajstić information content (AvgIpc) is 2.82. The zero-order valence-corrected chi connectivity index (χ0v) is 11.1. The molecule has 0 saturated heterocycles. The molecule has 2 aromatic rings. The highest BCUT2D eigenvalue weighted by Crippen LogP contribution is 2.20. The van der Waals surface area contributed by atoms with Gasteiger partial charge in [0.05, 0.1) is 0 Å². The number of anilines is 1. The lowest BCUT2D eigenvalue weighted by atomic mass is 10.0. The van der Waals surface area contributed by atoms with Crippen molar-refractivity contribution in [2.45, 2.75) is 33.2 Å². The van der Waals surface area contributed by atoms with Crippen LogP contribution < -0.4 is 5.32 Å². The van der Waals surface area contributed by atoms with Crippen LogP contribution in [0.3, 0.4) is 0 Å². The molecule has 1 unspecified atom stereocenters. The minimum absolute atomic E-state index is 0.472. The third-order valence-corrected chi connectivity index (χ3v) is 2.73. The fourth-order valence-electron chi connectivity index (χ4n) is 2.06. The van der Waals surface area contributed by atoms with Crippen LogP contribution in [0, 0.1) is 5.92 Å². The number of hydrogen-bond acceptors (Lipinski definition) is 4. The van der Waals surface area contributed by atoms with Gasteiger partial charge in [0.25, 0.3) is 0 Å². The second-order valence-corrected chi connectivity index (χ2v) is 5.00. The van der Waals surface area contributed by atoms with Crippen molar-refractivity contribution in [3.05, 3.63) is 30.7 Å². The van der Waals surface area contributed by atoms with E-state index in [4.69, 9.17) is 4.42 Å². The monoisotopic (exact) mass is 245 g/mol. The third-order valence-electron chi connectivity index (χ3n) is 2.73. The molecule has 1 aromatic carbocycles. The summed E-state index contributed by atoms with van der Waals surface area (Å²) in [5, 5.41) is 11.0. The second-order valence-electron chi connectivity index (χ2n) is 5.00. The highest BCUT2D eigenvalue weighted by molar-refractivity contribution is 5.58. The SMILES string of the molecule is CC(C)CC(C)Nc1ccc(-c2nnco2)cc1. The molecule has 0 aliphatic heterocycles. The van der Waals surface area contributed by atoms with Gasteiger partial charge in [-0.15, -0.1) is 10.2 Å². The lowest BCUT2D eigenvalue weighted by Gasteiger charge is -2.17. The first-order valence-electron chi connectivity index (χ1n) is 6.28. The Morgan fingerprint density at radius 3 is 2.44 bits per heavy atom. The summed E-state index contributed by atoms with van der Waals surface area (Å²) in [7, 11) is 0. The molecule has 0 aliphatic carbocycles. The van der Waals surface area contributed by atoms with Gasteiger partial charge in [-0.1, -0.05) is 13.8 Å². The van der Waals surface area contributed by atoms with Crippen LogP contribution in [0.1, 0.15) is 27.2 Å². The van der Waals surface area contributed by atoms with Gasteiger partial charge in [0.15, 0.2) is 0 Å². The molecular formula is C14H19N3O. The van der Waals surface area contributed by atoms with Crippen LogP contribution in [0.5, 0.6) is 0 Å². The van der Waals surface area contributed by atoms with Crippen molar-refractivity contribution >= 4 is 5.69 Å². The van der Waals surface area contributed by atoms with E-state index in [9.17, 15) is 0 Å². The zero-order valence-electron chi connectivity index (χ0n) is 11.1. The molecule has 1 N–H and O–H groups in total. The number of hydrogen-bond donors (Lipinski definition) is 1. The van der Waals surface area contributed by atoms with Crippen LogP contribution >= 0.6 is 0 Å². The van der Waals surface area contributed by atoms with Crippen LogP contribution in [0.4, 0.5) is 5.69 Å². The molecule has 0 bridgehead atoms. The molecule has 0 amide bonds. The highest BCUT2D eigenvalue weighted by atomic mass is 16.4. The van der Waals surface area contributed by atoms with Crippen molar-refractivity contribution in [2.24, 2.45) is 5.92 Å². The van der Waals surface area contributed by atoms with Crippen LogP contribution in [-0.2, 0) is 0 Å². The van der Waals surface area contributed by atoms with Crippen molar-refractivity contribution in [3.63, 3.8) is 0 Å². The molecule has 0 aliphatic rings. The predicted molar refractivity (Wildman–Crippen MR) is 72.3 cm³/mol. The normalized spacial score (nSPS) is 12.7. The summed E-state index contributed by atoms with van der Waals surface area (Å²) in [6.07, 6.45) is 2.50. The molecule has 4 heteroatoms. The molecule has 1 aromatic heterocycles. The maximum atomic E-state index is 5.15. The van der Waals surface area contributed by atoms with Gasteiger partial charge in [-0.05, 0) is 43.5 Å². The van der Waals surface area contributed by atoms with Gasteiger partial charge in [-0.25, -0.2) is 0 Å². The molecule has 2 rings (SSSR count). The summed E-state index contributed by atoms with van der Waals surface area (Å²) in [5.41, 5.74) is 2.06. The Bertz CT molecular complexity index is 462. The largest absolute Gasteiger partial charge is 0.423 e. The van der Waals surface area contributed by atoms with Crippen LogP contribution in [0.2, 0.25) is 0 Å². The van der Waals surface area contributed by atoms with Crippen LogP contribution in [0.15, 0.2) is 35.1 Å². The first-order valence-corrected chi connectivity index (χ1v) is 6.28. The summed E-state index contributed by atoms with van der Waals surface area (Å²) in [6, 6.07) is 8.52. The lowest BCUT2D eigenvalue weighted by Crippen LogP contribution is -2.17. The van der Waals surface area contributed by atoms with E-state index in [0.717, 1.165) is 17.7 Å². The van der Waals surface area contributed by atoms with E-state index in [-0.39, 0.29) is 0 Å². The zero-order chi connectivity index (χ0) is 13.0. The van der Waals surface area contributed by atoms with E-state index in [1.165, 1.54) is 6.39 Å². The Morgan fingerprint density at radius 1 is 1.17 bits per heavy atom. The average molecular weight is 245 g/mol. The standard InChI is InChI=1S/C14H19N3O/c1-10(2)8-11(3)16-13-6-4-12(5-7-13)14-17-15-9-18-14/h4-7,9-11,16H,8H2,1-3H3. The van der Waals surface area contributed by atoms with E-state index in [2.05, 4.69) is 36.3 Å². The van der Waals surface area contributed by atoms with E-state index < -0.39 is 0 Å². The quantitative estimate of drug-likeness (QED) is 0.874. The van der Waals surface area contributed by atoms with Gasteiger partial charge >= 0.3 is 0 Å². The molecule has 4 nitrogen and oxygen atoms in total. The topological polar surface area (TPSA) is 51.0 Å². The van der Waals surface area contributed by atoms with Gasteiger partial charge in [0, 0.05) is 17.3 Å². The molecule has 1 atom stereocenters. The third kappa shape index (κ3) is 3.32. The maximum absolute atomic E-state index is 5.15. The van der Waals surface area contributed by atoms with Gasteiger partial charge in [0.2, 0.25) is 12.3 Å². The molecule has 96 valence electrons. The smallest absolute Gasteiger partial charge is 0.247 e. The van der Waals surface area contributed by atoms with Crippen LogP contribution in [-0.4, -0.2) is 16.2 Å². The van der Waals surface area contributed by atoms with Gasteiger partial charge < -0.3 is 9.73 Å². The number of nitrogens with one attached hydrogen (secondary N) is 1. The first kappa shape index (κ1) is 12.6. The van der Waals surface area contributed by atoms with Crippen molar-refractivity contribution < 1.29 is 4.42 Å². The maximum Gasteiger partial charge on any atom is 0.247 e. The summed E-state index contributed by atoms with van der Waals surface area (Å²) < 4.78 is 5.15. The first-order chi connectivity index (χ1) is 8.65.